The zero-order chi connectivity index (χ0) is 19.4. The Hall–Kier alpha value is -0.990. The summed E-state index contributed by atoms with van der Waals surface area (Å²) in [6, 6.07) is 13.5. The SMILES string of the molecule is CCN(CC)CCN(C(=O)c1ccc(Br)cc1)c1nc2ccc(Br)cc2s1.Cl. The first-order valence-corrected chi connectivity index (χ1v) is 11.3. The molecule has 0 radical (unpaired) electrons. The van der Waals surface area contributed by atoms with Gasteiger partial charge in [-0.1, -0.05) is 57.0 Å². The summed E-state index contributed by atoms with van der Waals surface area (Å²) in [7, 11) is 0. The maximum Gasteiger partial charge on any atom is 0.260 e. The van der Waals surface area contributed by atoms with Crippen LogP contribution < -0.4 is 4.90 Å². The lowest BCUT2D eigenvalue weighted by molar-refractivity contribution is 0.0984. The predicted octanol–water partition coefficient (Wildman–Crippen LogP) is 6.23. The van der Waals surface area contributed by atoms with Gasteiger partial charge in [0.15, 0.2) is 5.13 Å². The lowest BCUT2D eigenvalue weighted by atomic mass is 10.2. The second-order valence-electron chi connectivity index (χ2n) is 6.10. The van der Waals surface area contributed by atoms with Crippen molar-refractivity contribution in [2.45, 2.75) is 13.8 Å². The van der Waals surface area contributed by atoms with Crippen molar-refractivity contribution in [3.05, 3.63) is 57.0 Å². The number of aromatic nitrogens is 1. The van der Waals surface area contributed by atoms with Crippen LogP contribution in [0.25, 0.3) is 10.2 Å². The van der Waals surface area contributed by atoms with E-state index in [1.807, 2.05) is 42.5 Å². The first-order valence-electron chi connectivity index (χ1n) is 8.87. The first kappa shape index (κ1) is 23.3. The first-order chi connectivity index (χ1) is 13.0. The maximum absolute atomic E-state index is 13.2. The van der Waals surface area contributed by atoms with Crippen molar-refractivity contribution in [2.75, 3.05) is 31.1 Å². The number of carbonyl (C=O) groups excluding carboxylic acids is 1. The lowest BCUT2D eigenvalue weighted by Gasteiger charge is -2.24. The van der Waals surface area contributed by atoms with Crippen molar-refractivity contribution >= 4 is 76.9 Å². The number of halogens is 3. The molecule has 3 aromatic rings. The van der Waals surface area contributed by atoms with Gasteiger partial charge < -0.3 is 4.90 Å². The van der Waals surface area contributed by atoms with E-state index in [9.17, 15) is 4.79 Å². The number of nitrogens with zero attached hydrogens (tertiary/aromatic N) is 3. The Labute approximate surface area is 192 Å². The molecular formula is C20H22Br2ClN3OS. The maximum atomic E-state index is 13.2. The number of anilines is 1. The Morgan fingerprint density at radius 2 is 1.64 bits per heavy atom. The third-order valence-corrected chi connectivity index (χ3v) is 6.50. The number of hydrogen-bond acceptors (Lipinski definition) is 4. The van der Waals surface area contributed by atoms with E-state index in [2.05, 4.69) is 50.6 Å². The Morgan fingerprint density at radius 1 is 1.00 bits per heavy atom. The summed E-state index contributed by atoms with van der Waals surface area (Å²) in [4.78, 5) is 22.1. The van der Waals surface area contributed by atoms with Gasteiger partial charge >= 0.3 is 0 Å². The van der Waals surface area contributed by atoms with Gasteiger partial charge in [-0.2, -0.15) is 0 Å². The van der Waals surface area contributed by atoms with Crippen LogP contribution in [-0.4, -0.2) is 42.0 Å². The molecule has 0 atom stereocenters. The Kier molecular flexibility index (Phi) is 8.89. The minimum atomic E-state index is -0.0206. The molecule has 0 fully saturated rings. The van der Waals surface area contributed by atoms with Gasteiger partial charge in [-0.05, 0) is 55.6 Å². The van der Waals surface area contributed by atoms with Gasteiger partial charge in [0.05, 0.1) is 10.2 Å². The van der Waals surface area contributed by atoms with Gasteiger partial charge in [0, 0.05) is 27.6 Å². The molecule has 0 N–H and O–H groups in total. The molecule has 0 aliphatic carbocycles. The molecule has 1 heterocycles. The zero-order valence-electron chi connectivity index (χ0n) is 15.7. The molecule has 8 heteroatoms. The van der Waals surface area contributed by atoms with Gasteiger partial charge in [-0.3, -0.25) is 9.69 Å². The van der Waals surface area contributed by atoms with Crippen LogP contribution in [0.5, 0.6) is 0 Å². The number of rotatable bonds is 7. The van der Waals surface area contributed by atoms with Crippen LogP contribution in [0.4, 0.5) is 5.13 Å². The van der Waals surface area contributed by atoms with Crippen LogP contribution in [0.1, 0.15) is 24.2 Å². The normalized spacial score (nSPS) is 10.9. The monoisotopic (exact) mass is 545 g/mol. The molecule has 0 aliphatic rings. The third-order valence-electron chi connectivity index (χ3n) is 4.44. The third kappa shape index (κ3) is 5.54. The van der Waals surface area contributed by atoms with Crippen LogP contribution in [0.15, 0.2) is 51.4 Å². The van der Waals surface area contributed by atoms with Gasteiger partial charge in [0.1, 0.15) is 0 Å². The van der Waals surface area contributed by atoms with Crippen LogP contribution in [0.2, 0.25) is 0 Å². The number of benzene rings is 2. The fourth-order valence-electron chi connectivity index (χ4n) is 2.82. The van der Waals surface area contributed by atoms with E-state index in [4.69, 9.17) is 4.98 Å². The molecule has 0 aliphatic heterocycles. The van der Waals surface area contributed by atoms with Crippen LogP contribution in [0, 0.1) is 0 Å². The topological polar surface area (TPSA) is 36.4 Å². The highest BCUT2D eigenvalue weighted by molar-refractivity contribution is 9.10. The van der Waals surface area contributed by atoms with E-state index in [0.29, 0.717) is 12.1 Å². The highest BCUT2D eigenvalue weighted by Gasteiger charge is 2.22. The molecule has 1 aromatic heterocycles. The quantitative estimate of drug-likeness (QED) is 0.352. The standard InChI is InChI=1S/C20H21Br2N3OS.ClH/c1-3-24(4-2)11-12-25(19(26)14-5-7-15(21)8-6-14)20-23-17-10-9-16(22)13-18(17)27-20;/h5-10,13H,3-4,11-12H2,1-2H3;1H. The van der Waals surface area contributed by atoms with E-state index in [0.717, 1.165) is 43.9 Å². The molecule has 1 amide bonds. The average molecular weight is 548 g/mol. The average Bonchev–Trinajstić information content (AvgIpc) is 3.08. The van der Waals surface area contributed by atoms with Crippen molar-refractivity contribution < 1.29 is 4.79 Å². The number of hydrogen-bond donors (Lipinski definition) is 0. The molecule has 2 aromatic carbocycles. The highest BCUT2D eigenvalue weighted by atomic mass is 79.9. The molecule has 0 bridgehead atoms. The summed E-state index contributed by atoms with van der Waals surface area (Å²) in [5.41, 5.74) is 1.58. The fraction of sp³-hybridized carbons (Fsp3) is 0.300. The zero-order valence-corrected chi connectivity index (χ0v) is 20.5. The summed E-state index contributed by atoms with van der Waals surface area (Å²) in [5.74, 6) is -0.0206. The van der Waals surface area contributed by atoms with Gasteiger partial charge in [0.2, 0.25) is 0 Å². The number of thiazole rings is 1. The summed E-state index contributed by atoms with van der Waals surface area (Å²) in [6.07, 6.45) is 0. The Morgan fingerprint density at radius 3 is 2.29 bits per heavy atom. The molecule has 4 nitrogen and oxygen atoms in total. The van der Waals surface area contributed by atoms with E-state index < -0.39 is 0 Å². The van der Waals surface area contributed by atoms with E-state index in [-0.39, 0.29) is 18.3 Å². The van der Waals surface area contributed by atoms with Crippen LogP contribution in [-0.2, 0) is 0 Å². The molecule has 0 saturated carbocycles. The molecule has 28 heavy (non-hydrogen) atoms. The van der Waals surface area contributed by atoms with Crippen molar-refractivity contribution in [3.8, 4) is 0 Å². The summed E-state index contributed by atoms with van der Waals surface area (Å²) >= 11 is 8.48. The molecular weight excluding hydrogens is 526 g/mol. The number of fused-ring (bicyclic) bond motifs is 1. The molecule has 3 rings (SSSR count). The van der Waals surface area contributed by atoms with Gasteiger partial charge in [0.25, 0.3) is 5.91 Å². The highest BCUT2D eigenvalue weighted by Crippen LogP contribution is 2.31. The largest absolute Gasteiger partial charge is 0.302 e. The number of carbonyl (C=O) groups is 1. The van der Waals surface area contributed by atoms with Crippen molar-refractivity contribution in [3.63, 3.8) is 0 Å². The summed E-state index contributed by atoms with van der Waals surface area (Å²) in [6.45, 7) is 7.62. The van der Waals surface area contributed by atoms with Crippen molar-refractivity contribution in [2.24, 2.45) is 0 Å². The van der Waals surface area contributed by atoms with E-state index in [1.54, 1.807) is 16.2 Å². The Bertz CT molecular complexity index is 929. The lowest BCUT2D eigenvalue weighted by Crippen LogP contribution is -2.38. The minimum absolute atomic E-state index is 0. The molecule has 0 unspecified atom stereocenters. The molecule has 0 saturated heterocycles. The van der Waals surface area contributed by atoms with Gasteiger partial charge in [-0.25, -0.2) is 4.98 Å². The summed E-state index contributed by atoms with van der Waals surface area (Å²) < 4.78 is 3.04. The second kappa shape index (κ2) is 10.7. The second-order valence-corrected chi connectivity index (χ2v) is 8.94. The van der Waals surface area contributed by atoms with Crippen LogP contribution in [0.3, 0.4) is 0 Å². The summed E-state index contributed by atoms with van der Waals surface area (Å²) in [5, 5.41) is 0.739. The number of amides is 1. The van der Waals surface area contributed by atoms with Gasteiger partial charge in [-0.15, -0.1) is 12.4 Å². The predicted molar refractivity (Wildman–Crippen MR) is 128 cm³/mol. The molecule has 0 spiro atoms. The minimum Gasteiger partial charge on any atom is -0.302 e. The van der Waals surface area contributed by atoms with Crippen molar-refractivity contribution in [1.29, 1.82) is 0 Å². The van der Waals surface area contributed by atoms with Crippen molar-refractivity contribution in [1.82, 2.24) is 9.88 Å². The smallest absolute Gasteiger partial charge is 0.260 e. The number of likely N-dealkylation sites (N-methyl/N-ethyl adjacent to an activating group) is 1. The Balaban J connectivity index is 0.00000280. The molecule has 150 valence electrons. The van der Waals surface area contributed by atoms with Crippen LogP contribution >= 0.6 is 55.6 Å². The van der Waals surface area contributed by atoms with E-state index >= 15 is 0 Å². The fourth-order valence-corrected chi connectivity index (χ4v) is 4.62. The van der Waals surface area contributed by atoms with E-state index in [1.165, 1.54) is 0 Å².